The molecule has 0 aromatic carbocycles. The van der Waals surface area contributed by atoms with E-state index in [0.29, 0.717) is 5.69 Å². The molecule has 0 saturated carbocycles. The molecule has 1 amide bonds. The monoisotopic (exact) mass is 284 g/mol. The van der Waals surface area contributed by atoms with Gasteiger partial charge in [0.05, 0.1) is 5.69 Å². The summed E-state index contributed by atoms with van der Waals surface area (Å²) in [5.74, 6) is 0. The number of rotatable bonds is 1. The van der Waals surface area contributed by atoms with Gasteiger partial charge in [0, 0.05) is 6.20 Å². The van der Waals surface area contributed by atoms with Crippen LogP contribution in [0.4, 0.5) is 10.5 Å². The number of anilines is 1. The van der Waals surface area contributed by atoms with Crippen molar-refractivity contribution in [3.63, 3.8) is 0 Å². The van der Waals surface area contributed by atoms with Crippen LogP contribution in [0, 0.1) is 0 Å². The Morgan fingerprint density at radius 2 is 1.84 bits per heavy atom. The molecule has 0 bridgehead atoms. The Bertz CT molecular complexity index is 473. The zero-order valence-corrected chi connectivity index (χ0v) is 13.1. The Hall–Kier alpha value is -1.29. The molecule has 1 N–H and O–H groups in total. The number of pyridine rings is 1. The summed E-state index contributed by atoms with van der Waals surface area (Å²) in [5, 5.41) is 2.87. The van der Waals surface area contributed by atoms with Gasteiger partial charge in [-0.2, -0.15) is 0 Å². The number of nitrogens with zero attached hydrogens (tertiary/aromatic N) is 1. The molecule has 0 spiro atoms. The summed E-state index contributed by atoms with van der Waals surface area (Å²) in [7, 11) is 0. The molecule has 0 unspecified atom stereocenters. The van der Waals surface area contributed by atoms with Gasteiger partial charge >= 0.3 is 6.09 Å². The normalized spacial score (nSPS) is 12.2. The second-order valence-corrected chi connectivity index (χ2v) is 6.80. The third-order valence-electron chi connectivity index (χ3n) is 2.34. The van der Waals surface area contributed by atoms with Crippen LogP contribution in [-0.2, 0) is 10.2 Å². The highest BCUT2D eigenvalue weighted by Crippen LogP contribution is 2.28. The van der Waals surface area contributed by atoms with Crippen LogP contribution in [0.1, 0.15) is 47.1 Å². The fraction of sp³-hybridized carbons (Fsp3) is 0.571. The molecule has 1 aromatic rings. The molecule has 1 rings (SSSR count). The minimum atomic E-state index is -0.550. The molecular weight excluding hydrogens is 264 g/mol. The first-order valence-corrected chi connectivity index (χ1v) is 6.53. The van der Waals surface area contributed by atoms with E-state index in [-0.39, 0.29) is 10.6 Å². The number of hydrogen-bond acceptors (Lipinski definition) is 3. The molecular formula is C14H21ClN2O2. The predicted molar refractivity (Wildman–Crippen MR) is 77.8 cm³/mol. The van der Waals surface area contributed by atoms with Crippen LogP contribution < -0.4 is 5.32 Å². The summed E-state index contributed by atoms with van der Waals surface area (Å²) in [6, 6.07) is 1.82. The number of nitrogens with one attached hydrogen (secondary N) is 1. The fourth-order valence-electron chi connectivity index (χ4n) is 1.36. The van der Waals surface area contributed by atoms with Crippen molar-refractivity contribution in [2.45, 2.75) is 52.6 Å². The molecule has 1 heterocycles. The molecule has 0 atom stereocenters. The largest absolute Gasteiger partial charge is 0.444 e. The molecule has 4 nitrogen and oxygen atoms in total. The fourth-order valence-corrected chi connectivity index (χ4v) is 1.51. The Kier molecular flexibility index (Phi) is 4.46. The van der Waals surface area contributed by atoms with Crippen LogP contribution in [0.25, 0.3) is 0 Å². The van der Waals surface area contributed by atoms with E-state index < -0.39 is 11.7 Å². The van der Waals surface area contributed by atoms with Gasteiger partial charge in [-0.3, -0.25) is 5.32 Å². The SMILES string of the molecule is CC(C)(C)OC(=O)Nc1cc(C(C)(C)C)cnc1Cl. The van der Waals surface area contributed by atoms with Gasteiger partial charge in [0.15, 0.2) is 5.15 Å². The van der Waals surface area contributed by atoms with E-state index in [2.05, 4.69) is 31.1 Å². The first kappa shape index (κ1) is 15.8. The van der Waals surface area contributed by atoms with Gasteiger partial charge in [-0.25, -0.2) is 9.78 Å². The number of hydrogen-bond donors (Lipinski definition) is 1. The lowest BCUT2D eigenvalue weighted by Gasteiger charge is -2.22. The molecule has 0 aliphatic carbocycles. The second-order valence-electron chi connectivity index (χ2n) is 6.44. The minimum Gasteiger partial charge on any atom is -0.444 e. The maximum atomic E-state index is 11.7. The molecule has 0 aliphatic rings. The van der Waals surface area contributed by atoms with Gasteiger partial charge in [-0.1, -0.05) is 32.4 Å². The number of carbonyl (C=O) groups excluding carboxylic acids is 1. The van der Waals surface area contributed by atoms with E-state index in [4.69, 9.17) is 16.3 Å². The molecule has 106 valence electrons. The summed E-state index contributed by atoms with van der Waals surface area (Å²) >= 11 is 5.98. The molecule has 0 aliphatic heterocycles. The number of amides is 1. The van der Waals surface area contributed by atoms with E-state index in [1.807, 2.05) is 6.07 Å². The van der Waals surface area contributed by atoms with Crippen LogP contribution >= 0.6 is 11.6 Å². The van der Waals surface area contributed by atoms with Crippen molar-refractivity contribution in [3.05, 3.63) is 23.0 Å². The minimum absolute atomic E-state index is 0.0675. The first-order chi connectivity index (χ1) is 8.49. The highest BCUT2D eigenvalue weighted by molar-refractivity contribution is 6.32. The quantitative estimate of drug-likeness (QED) is 0.779. The van der Waals surface area contributed by atoms with Gasteiger partial charge in [-0.05, 0) is 37.8 Å². The van der Waals surface area contributed by atoms with Gasteiger partial charge in [0.1, 0.15) is 5.60 Å². The van der Waals surface area contributed by atoms with E-state index >= 15 is 0 Å². The number of ether oxygens (including phenoxy) is 1. The van der Waals surface area contributed by atoms with Gasteiger partial charge in [0.2, 0.25) is 0 Å². The molecule has 0 saturated heterocycles. The molecule has 1 aromatic heterocycles. The van der Waals surface area contributed by atoms with Gasteiger partial charge in [-0.15, -0.1) is 0 Å². The van der Waals surface area contributed by atoms with Gasteiger partial charge in [0.25, 0.3) is 0 Å². The standard InChI is InChI=1S/C14H21ClN2O2/c1-13(2,3)9-7-10(11(15)16-8-9)17-12(18)19-14(4,5)6/h7-8H,1-6H3,(H,17,18). The molecule has 5 heteroatoms. The van der Waals surface area contributed by atoms with Crippen LogP contribution in [0.2, 0.25) is 5.15 Å². The molecule has 0 fully saturated rings. The maximum absolute atomic E-state index is 11.7. The Labute approximate surface area is 119 Å². The second kappa shape index (κ2) is 5.37. The summed E-state index contributed by atoms with van der Waals surface area (Å²) in [5.41, 5.74) is 0.833. The average Bonchev–Trinajstić information content (AvgIpc) is 2.16. The maximum Gasteiger partial charge on any atom is 0.412 e. The number of carbonyl (C=O) groups is 1. The van der Waals surface area contributed by atoms with E-state index in [0.717, 1.165) is 5.56 Å². The van der Waals surface area contributed by atoms with Crippen LogP contribution in [0.15, 0.2) is 12.3 Å². The van der Waals surface area contributed by atoms with Crippen molar-refractivity contribution < 1.29 is 9.53 Å². The summed E-state index contributed by atoms with van der Waals surface area (Å²) in [4.78, 5) is 15.8. The zero-order chi connectivity index (χ0) is 14.8. The summed E-state index contributed by atoms with van der Waals surface area (Å²) in [6.45, 7) is 11.6. The van der Waals surface area contributed by atoms with Crippen molar-refractivity contribution in [1.29, 1.82) is 0 Å². The van der Waals surface area contributed by atoms with E-state index in [9.17, 15) is 4.79 Å². The first-order valence-electron chi connectivity index (χ1n) is 6.15. The third-order valence-corrected chi connectivity index (χ3v) is 2.64. The summed E-state index contributed by atoms with van der Waals surface area (Å²) < 4.78 is 5.19. The third kappa shape index (κ3) is 5.07. The van der Waals surface area contributed by atoms with Crippen LogP contribution in [0.3, 0.4) is 0 Å². The highest BCUT2D eigenvalue weighted by atomic mass is 35.5. The topological polar surface area (TPSA) is 51.2 Å². The van der Waals surface area contributed by atoms with Crippen molar-refractivity contribution in [3.8, 4) is 0 Å². The predicted octanol–water partition coefficient (Wildman–Crippen LogP) is 4.38. The van der Waals surface area contributed by atoms with Crippen molar-refractivity contribution in [2.75, 3.05) is 5.32 Å². The Morgan fingerprint density at radius 3 is 2.32 bits per heavy atom. The molecule has 0 radical (unpaired) electrons. The lowest BCUT2D eigenvalue weighted by molar-refractivity contribution is 0.0636. The van der Waals surface area contributed by atoms with E-state index in [1.165, 1.54) is 0 Å². The van der Waals surface area contributed by atoms with Crippen LogP contribution in [0.5, 0.6) is 0 Å². The van der Waals surface area contributed by atoms with E-state index in [1.54, 1.807) is 27.0 Å². The highest BCUT2D eigenvalue weighted by Gasteiger charge is 2.20. The Balaban J connectivity index is 2.92. The number of aromatic nitrogens is 1. The lowest BCUT2D eigenvalue weighted by Crippen LogP contribution is -2.27. The number of halogens is 1. The average molecular weight is 285 g/mol. The zero-order valence-electron chi connectivity index (χ0n) is 12.3. The van der Waals surface area contributed by atoms with Crippen LogP contribution in [-0.4, -0.2) is 16.7 Å². The molecule has 19 heavy (non-hydrogen) atoms. The Morgan fingerprint density at radius 1 is 1.26 bits per heavy atom. The van der Waals surface area contributed by atoms with Crippen molar-refractivity contribution in [2.24, 2.45) is 0 Å². The smallest absolute Gasteiger partial charge is 0.412 e. The summed E-state index contributed by atoms with van der Waals surface area (Å²) in [6.07, 6.45) is 1.17. The van der Waals surface area contributed by atoms with Gasteiger partial charge < -0.3 is 4.74 Å². The van der Waals surface area contributed by atoms with Crippen molar-refractivity contribution in [1.82, 2.24) is 4.98 Å². The van der Waals surface area contributed by atoms with Crippen molar-refractivity contribution >= 4 is 23.4 Å². The lowest BCUT2D eigenvalue weighted by atomic mass is 9.88.